The minimum atomic E-state index is -1.25. The summed E-state index contributed by atoms with van der Waals surface area (Å²) < 4.78 is 9.68. The third kappa shape index (κ3) is 4.98. The lowest BCUT2D eigenvalue weighted by Gasteiger charge is -2.05. The number of rotatable bonds is 4. The molecule has 0 aliphatic rings. The molecule has 0 fully saturated rings. The zero-order valence-electron chi connectivity index (χ0n) is 16.4. The average Bonchev–Trinajstić information content (AvgIpc) is 2.62. The highest BCUT2D eigenvalue weighted by molar-refractivity contribution is 6.35. The van der Waals surface area contributed by atoms with Crippen molar-refractivity contribution in [2.24, 2.45) is 10.2 Å². The molecule has 12 heteroatoms. The maximum atomic E-state index is 11.8. The number of carbonyl (C=O) groups excluding carboxylic acids is 2. The van der Waals surface area contributed by atoms with Crippen molar-refractivity contribution >= 4 is 23.2 Å². The monoisotopic (exact) mass is 418 g/mol. The van der Waals surface area contributed by atoms with E-state index in [1.54, 1.807) is 0 Å². The number of hydrogen-bond acceptors (Lipinski definition) is 10. The van der Waals surface area contributed by atoms with Gasteiger partial charge in [-0.3, -0.25) is 9.59 Å². The smallest absolute Gasteiger partial charge is 0.348 e. The van der Waals surface area contributed by atoms with Crippen LogP contribution in [0.1, 0.15) is 36.5 Å². The molecule has 2 heterocycles. The molecule has 2 amide bonds. The van der Waals surface area contributed by atoms with Crippen molar-refractivity contribution in [1.29, 1.82) is 0 Å². The molecular formula is C18H18N4O8. The minimum Gasteiger partial charge on any atom is -0.507 e. The van der Waals surface area contributed by atoms with Crippen LogP contribution in [0, 0.1) is 13.8 Å². The predicted molar refractivity (Wildman–Crippen MR) is 103 cm³/mol. The van der Waals surface area contributed by atoms with Crippen LogP contribution in [0.25, 0.3) is 0 Å². The largest absolute Gasteiger partial charge is 0.507 e. The molecule has 158 valence electrons. The third-order valence-electron chi connectivity index (χ3n) is 3.69. The van der Waals surface area contributed by atoms with Gasteiger partial charge in [0.05, 0.1) is 11.4 Å². The number of aryl methyl sites for hydroxylation is 2. The Balaban J connectivity index is 2.11. The Morgan fingerprint density at radius 3 is 1.43 bits per heavy atom. The first-order valence-corrected chi connectivity index (χ1v) is 8.38. The molecule has 2 aromatic heterocycles. The van der Waals surface area contributed by atoms with Crippen LogP contribution in [0.15, 0.2) is 40.8 Å². The molecule has 0 spiro atoms. The van der Waals surface area contributed by atoms with Gasteiger partial charge in [0.15, 0.2) is 0 Å². The number of nitrogens with zero attached hydrogens (tertiary/aromatic N) is 2. The molecule has 0 aliphatic carbocycles. The first-order chi connectivity index (χ1) is 14.0. The lowest BCUT2D eigenvalue weighted by atomic mass is 10.2. The van der Waals surface area contributed by atoms with Crippen molar-refractivity contribution in [3.63, 3.8) is 0 Å². The van der Waals surface area contributed by atoms with Crippen LogP contribution in [0.3, 0.4) is 0 Å². The van der Waals surface area contributed by atoms with Gasteiger partial charge in [0.2, 0.25) is 0 Å². The predicted octanol–water partition coefficient (Wildman–Crippen LogP) is 0.00164. The number of hydrazone groups is 2. The van der Waals surface area contributed by atoms with Crippen LogP contribution in [0.5, 0.6) is 11.5 Å². The summed E-state index contributed by atoms with van der Waals surface area (Å²) in [7, 11) is 0. The quantitative estimate of drug-likeness (QED) is 0.304. The Labute approximate surface area is 168 Å². The molecule has 30 heavy (non-hydrogen) atoms. The van der Waals surface area contributed by atoms with Crippen LogP contribution in [-0.4, -0.2) is 33.5 Å². The maximum Gasteiger partial charge on any atom is 0.348 e. The summed E-state index contributed by atoms with van der Waals surface area (Å²) in [5.74, 6) is -2.94. The standard InChI is InChI=1S/C18H18N4O8/c1-7-5-11(23)13(17(27)29-7)9(3)19-21-15(25)16(26)22-20-10(4)14-12(24)6-8(2)30-18(14)28/h5-6,23-24H,1-4H3,(H,21,25)(H,22,26). The van der Waals surface area contributed by atoms with Crippen LogP contribution in [-0.2, 0) is 9.59 Å². The van der Waals surface area contributed by atoms with Gasteiger partial charge in [-0.25, -0.2) is 20.4 Å². The van der Waals surface area contributed by atoms with Crippen molar-refractivity contribution in [1.82, 2.24) is 10.9 Å². The van der Waals surface area contributed by atoms with Gasteiger partial charge in [0, 0.05) is 12.1 Å². The van der Waals surface area contributed by atoms with Gasteiger partial charge in [0.1, 0.15) is 34.1 Å². The molecular weight excluding hydrogens is 400 g/mol. The van der Waals surface area contributed by atoms with Crippen molar-refractivity contribution in [2.75, 3.05) is 0 Å². The lowest BCUT2D eigenvalue weighted by molar-refractivity contribution is -0.139. The third-order valence-corrected chi connectivity index (χ3v) is 3.69. The molecule has 0 unspecified atom stereocenters. The Kier molecular flexibility index (Phi) is 6.52. The number of hydrogen-bond donors (Lipinski definition) is 4. The molecule has 0 saturated carbocycles. The van der Waals surface area contributed by atoms with Crippen molar-refractivity contribution in [2.45, 2.75) is 27.7 Å². The molecule has 0 aromatic carbocycles. The summed E-state index contributed by atoms with van der Waals surface area (Å²) in [6.07, 6.45) is 0. The zero-order chi connectivity index (χ0) is 22.6. The van der Waals surface area contributed by atoms with Gasteiger partial charge in [-0.15, -0.1) is 0 Å². The van der Waals surface area contributed by atoms with Crippen LogP contribution < -0.4 is 22.1 Å². The number of nitrogens with one attached hydrogen (secondary N) is 2. The van der Waals surface area contributed by atoms with Gasteiger partial charge in [-0.2, -0.15) is 10.2 Å². The van der Waals surface area contributed by atoms with E-state index in [-0.39, 0.29) is 34.1 Å². The van der Waals surface area contributed by atoms with Gasteiger partial charge in [-0.05, 0) is 27.7 Å². The summed E-state index contributed by atoms with van der Waals surface area (Å²) in [6, 6.07) is 2.39. The molecule has 4 N–H and O–H groups in total. The molecule has 0 saturated heterocycles. The van der Waals surface area contributed by atoms with E-state index in [9.17, 15) is 29.4 Å². The van der Waals surface area contributed by atoms with E-state index in [2.05, 4.69) is 10.2 Å². The molecule has 0 atom stereocenters. The molecule has 0 bridgehead atoms. The van der Waals surface area contributed by atoms with Gasteiger partial charge < -0.3 is 19.0 Å². The highest BCUT2D eigenvalue weighted by Gasteiger charge is 2.17. The maximum absolute atomic E-state index is 11.8. The first kappa shape index (κ1) is 22.1. The lowest BCUT2D eigenvalue weighted by Crippen LogP contribution is -2.36. The molecule has 2 rings (SSSR count). The molecule has 0 radical (unpaired) electrons. The van der Waals surface area contributed by atoms with Crippen molar-refractivity contribution in [3.05, 3.63) is 55.6 Å². The summed E-state index contributed by atoms with van der Waals surface area (Å²) >= 11 is 0. The fourth-order valence-electron chi connectivity index (χ4n) is 2.34. The fraction of sp³-hybridized carbons (Fsp3) is 0.222. The second-order valence-electron chi connectivity index (χ2n) is 6.09. The van der Waals surface area contributed by atoms with Crippen molar-refractivity contribution in [3.8, 4) is 11.5 Å². The van der Waals surface area contributed by atoms with Crippen LogP contribution in [0.4, 0.5) is 0 Å². The Bertz CT molecular complexity index is 1100. The van der Waals surface area contributed by atoms with Crippen LogP contribution >= 0.6 is 0 Å². The molecule has 2 aromatic rings. The normalized spacial score (nSPS) is 11.9. The van der Waals surface area contributed by atoms with Gasteiger partial charge in [0.25, 0.3) is 0 Å². The first-order valence-electron chi connectivity index (χ1n) is 8.38. The second kappa shape index (κ2) is 8.86. The van der Waals surface area contributed by atoms with Gasteiger partial charge >= 0.3 is 23.1 Å². The average molecular weight is 418 g/mol. The van der Waals surface area contributed by atoms with Crippen LogP contribution in [0.2, 0.25) is 0 Å². The zero-order valence-corrected chi connectivity index (χ0v) is 16.4. The topological polar surface area (TPSA) is 184 Å². The summed E-state index contributed by atoms with van der Waals surface area (Å²) in [5.41, 5.74) is 1.26. The summed E-state index contributed by atoms with van der Waals surface area (Å²) in [5, 5.41) is 26.8. The minimum absolute atomic E-state index is 0.107. The highest BCUT2D eigenvalue weighted by atomic mass is 16.4. The SMILES string of the molecule is CC(=NNC(=O)C(=O)NN=C(C)c1c(O)cc(C)oc1=O)c1c(O)cc(C)oc1=O. The summed E-state index contributed by atoms with van der Waals surface area (Å²) in [4.78, 5) is 47.3. The van der Waals surface area contributed by atoms with E-state index < -0.39 is 34.6 Å². The highest BCUT2D eigenvalue weighted by Crippen LogP contribution is 2.16. The molecule has 0 aliphatic heterocycles. The number of carbonyl (C=O) groups is 2. The Hall–Kier alpha value is -4.22. The fourth-order valence-corrected chi connectivity index (χ4v) is 2.34. The molecule has 12 nitrogen and oxygen atoms in total. The van der Waals surface area contributed by atoms with Crippen molar-refractivity contribution < 1.29 is 28.6 Å². The van der Waals surface area contributed by atoms with E-state index in [0.29, 0.717) is 0 Å². The van der Waals surface area contributed by atoms with E-state index in [0.717, 1.165) is 0 Å². The van der Waals surface area contributed by atoms with E-state index in [1.165, 1.54) is 39.8 Å². The van der Waals surface area contributed by atoms with E-state index in [1.807, 2.05) is 10.9 Å². The Morgan fingerprint density at radius 2 is 1.13 bits per heavy atom. The van der Waals surface area contributed by atoms with E-state index >= 15 is 0 Å². The van der Waals surface area contributed by atoms with E-state index in [4.69, 9.17) is 8.83 Å². The number of amides is 2. The second-order valence-corrected chi connectivity index (χ2v) is 6.09. The summed E-state index contributed by atoms with van der Waals surface area (Å²) in [6.45, 7) is 5.54. The van der Waals surface area contributed by atoms with Gasteiger partial charge in [-0.1, -0.05) is 0 Å². The Morgan fingerprint density at radius 1 is 0.800 bits per heavy atom. The number of aromatic hydroxyl groups is 2.